The van der Waals surface area contributed by atoms with Crippen LogP contribution < -0.4 is 4.90 Å². The molecule has 9 heteroatoms. The lowest BCUT2D eigenvalue weighted by Crippen LogP contribution is -2.31. The lowest BCUT2D eigenvalue weighted by molar-refractivity contribution is 0.0989. The van der Waals surface area contributed by atoms with Gasteiger partial charge in [-0.15, -0.1) is 17.9 Å². The van der Waals surface area contributed by atoms with Crippen LogP contribution in [0.15, 0.2) is 66.8 Å². The molecule has 0 saturated heterocycles. The molecule has 1 amide bonds. The summed E-state index contributed by atoms with van der Waals surface area (Å²) in [6.07, 6.45) is 4.90. The van der Waals surface area contributed by atoms with Crippen molar-refractivity contribution in [1.29, 1.82) is 0 Å². The largest absolute Gasteiger partial charge is 0.280 e. The number of halogens is 2. The predicted molar refractivity (Wildman–Crippen MR) is 126 cm³/mol. The van der Waals surface area contributed by atoms with Gasteiger partial charge in [0.15, 0.2) is 10.9 Å². The minimum absolute atomic E-state index is 0.213. The van der Waals surface area contributed by atoms with Crippen molar-refractivity contribution < 1.29 is 4.79 Å². The lowest BCUT2D eigenvalue weighted by atomic mass is 10.2. The van der Waals surface area contributed by atoms with Gasteiger partial charge in [-0.3, -0.25) is 9.69 Å². The van der Waals surface area contributed by atoms with E-state index in [-0.39, 0.29) is 5.91 Å². The van der Waals surface area contributed by atoms with Crippen LogP contribution in [-0.2, 0) is 0 Å². The molecule has 0 unspecified atom stereocenters. The van der Waals surface area contributed by atoms with Gasteiger partial charge in [0.25, 0.3) is 5.91 Å². The summed E-state index contributed by atoms with van der Waals surface area (Å²) in [5.41, 5.74) is 2.70. The summed E-state index contributed by atoms with van der Waals surface area (Å²) < 4.78 is 1.64. The summed E-state index contributed by atoms with van der Waals surface area (Å²) in [6.45, 7) is 5.93. The van der Waals surface area contributed by atoms with Gasteiger partial charge in [0.1, 0.15) is 0 Å². The second kappa shape index (κ2) is 9.01. The van der Waals surface area contributed by atoms with Crippen LogP contribution in [0, 0.1) is 6.92 Å². The summed E-state index contributed by atoms with van der Waals surface area (Å²) in [4.78, 5) is 23.9. The molecule has 0 radical (unpaired) electrons. The van der Waals surface area contributed by atoms with Crippen LogP contribution >= 0.6 is 34.5 Å². The van der Waals surface area contributed by atoms with Gasteiger partial charge < -0.3 is 0 Å². The van der Waals surface area contributed by atoms with Crippen LogP contribution in [0.4, 0.5) is 5.13 Å². The average molecular weight is 470 g/mol. The first-order valence-electron chi connectivity index (χ1n) is 9.29. The van der Waals surface area contributed by atoms with Crippen LogP contribution in [0.25, 0.3) is 17.1 Å². The van der Waals surface area contributed by atoms with Gasteiger partial charge in [0.05, 0.1) is 33.2 Å². The third-order valence-electron chi connectivity index (χ3n) is 4.60. The maximum Gasteiger partial charge on any atom is 0.263 e. The van der Waals surface area contributed by atoms with Crippen molar-refractivity contribution in [2.24, 2.45) is 0 Å². The monoisotopic (exact) mass is 469 g/mol. The maximum absolute atomic E-state index is 13.4. The topological polar surface area (TPSA) is 63.9 Å². The molecule has 4 aromatic rings. The van der Waals surface area contributed by atoms with Crippen molar-refractivity contribution in [2.45, 2.75) is 6.92 Å². The zero-order valence-corrected chi connectivity index (χ0v) is 18.8. The summed E-state index contributed by atoms with van der Waals surface area (Å²) in [5.74, 6) is 0.431. The highest BCUT2D eigenvalue weighted by atomic mass is 35.5. The molecule has 0 fully saturated rings. The predicted octanol–water partition coefficient (Wildman–Crippen LogP) is 5.84. The molecular weight excluding hydrogens is 453 g/mol. The number of hydrogen-bond acceptors (Lipinski definition) is 5. The van der Waals surface area contributed by atoms with Gasteiger partial charge in [-0.25, -0.2) is 14.6 Å². The molecule has 0 aliphatic heterocycles. The van der Waals surface area contributed by atoms with E-state index in [9.17, 15) is 4.79 Å². The Morgan fingerprint density at radius 3 is 2.81 bits per heavy atom. The van der Waals surface area contributed by atoms with Crippen molar-refractivity contribution in [3.05, 3.63) is 88.1 Å². The molecule has 6 nitrogen and oxygen atoms in total. The first-order valence-corrected chi connectivity index (χ1v) is 10.9. The minimum Gasteiger partial charge on any atom is -0.280 e. The van der Waals surface area contributed by atoms with E-state index in [0.717, 1.165) is 5.56 Å². The third-order valence-corrected chi connectivity index (χ3v) is 6.20. The van der Waals surface area contributed by atoms with E-state index in [1.165, 1.54) is 11.3 Å². The number of anilines is 1. The molecule has 31 heavy (non-hydrogen) atoms. The van der Waals surface area contributed by atoms with Gasteiger partial charge in [0, 0.05) is 23.7 Å². The number of pyridine rings is 1. The van der Waals surface area contributed by atoms with E-state index < -0.39 is 0 Å². The second-order valence-corrected chi connectivity index (χ2v) is 8.24. The maximum atomic E-state index is 13.4. The number of nitrogens with zero attached hydrogens (tertiary/aromatic N) is 5. The van der Waals surface area contributed by atoms with Gasteiger partial charge in [-0.05, 0) is 31.2 Å². The molecule has 0 saturated carbocycles. The highest BCUT2D eigenvalue weighted by Gasteiger charge is 2.24. The average Bonchev–Trinajstić information content (AvgIpc) is 3.41. The number of aromatic nitrogens is 4. The lowest BCUT2D eigenvalue weighted by Gasteiger charge is -2.17. The van der Waals surface area contributed by atoms with E-state index in [1.54, 1.807) is 40.2 Å². The van der Waals surface area contributed by atoms with Crippen LogP contribution in [0.5, 0.6) is 0 Å². The SMILES string of the molecule is C=CCN(C(=O)c1cnn(-c2ccccn2)c1C)c1nc(-c2ccc(Cl)c(Cl)c2)cs1. The number of hydrogen-bond donors (Lipinski definition) is 0. The fourth-order valence-electron chi connectivity index (χ4n) is 3.03. The molecule has 0 aliphatic carbocycles. The number of amides is 1. The number of benzene rings is 1. The van der Waals surface area contributed by atoms with E-state index >= 15 is 0 Å². The molecule has 156 valence electrons. The Kier molecular flexibility index (Phi) is 6.18. The van der Waals surface area contributed by atoms with Gasteiger partial charge in [0.2, 0.25) is 0 Å². The number of thiazole rings is 1. The summed E-state index contributed by atoms with van der Waals surface area (Å²) in [7, 11) is 0. The van der Waals surface area contributed by atoms with Crippen LogP contribution in [0.1, 0.15) is 16.1 Å². The van der Waals surface area contributed by atoms with Crippen LogP contribution in [0.2, 0.25) is 10.0 Å². The number of carbonyl (C=O) groups excluding carboxylic acids is 1. The number of carbonyl (C=O) groups is 1. The number of rotatable bonds is 6. The van der Waals surface area contributed by atoms with Crippen molar-refractivity contribution in [3.63, 3.8) is 0 Å². The standard InChI is InChI=1S/C22H17Cl2N5OS/c1-3-10-28(22-27-19(13-31-22)15-7-8-17(23)18(24)11-15)21(30)16-12-26-29(14(16)2)20-6-4-5-9-25-20/h3-9,11-13H,1,10H2,2H3. The molecule has 0 bridgehead atoms. The van der Waals surface area contributed by atoms with Crippen molar-refractivity contribution in [2.75, 3.05) is 11.4 Å². The summed E-state index contributed by atoms with van der Waals surface area (Å²) in [6, 6.07) is 10.8. The summed E-state index contributed by atoms with van der Waals surface area (Å²) >= 11 is 13.5. The zero-order valence-electron chi connectivity index (χ0n) is 16.5. The van der Waals surface area contributed by atoms with Gasteiger partial charge in [-0.1, -0.05) is 41.4 Å². The first kappa shape index (κ1) is 21.2. The fourth-order valence-corrected chi connectivity index (χ4v) is 4.17. The molecule has 0 N–H and O–H groups in total. The molecule has 3 aromatic heterocycles. The van der Waals surface area contributed by atoms with E-state index in [1.807, 2.05) is 36.6 Å². The van der Waals surface area contributed by atoms with Crippen LogP contribution in [-0.4, -0.2) is 32.2 Å². The Hall–Kier alpha value is -3.00. The van der Waals surface area contributed by atoms with E-state index in [4.69, 9.17) is 23.2 Å². The fraction of sp³-hybridized carbons (Fsp3) is 0.0909. The molecule has 0 aliphatic rings. The Morgan fingerprint density at radius 1 is 1.26 bits per heavy atom. The minimum atomic E-state index is -0.213. The molecule has 0 atom stereocenters. The van der Waals surface area contributed by atoms with Gasteiger partial charge >= 0.3 is 0 Å². The van der Waals surface area contributed by atoms with Crippen molar-refractivity contribution in [3.8, 4) is 17.1 Å². The molecule has 1 aromatic carbocycles. The van der Waals surface area contributed by atoms with Crippen molar-refractivity contribution >= 4 is 45.6 Å². The summed E-state index contributed by atoms with van der Waals surface area (Å²) in [5, 5.41) is 7.71. The van der Waals surface area contributed by atoms with Gasteiger partial charge in [-0.2, -0.15) is 5.10 Å². The Morgan fingerprint density at radius 2 is 2.10 bits per heavy atom. The highest BCUT2D eigenvalue weighted by Crippen LogP contribution is 2.32. The smallest absolute Gasteiger partial charge is 0.263 e. The third kappa shape index (κ3) is 4.25. The second-order valence-electron chi connectivity index (χ2n) is 6.59. The highest BCUT2D eigenvalue weighted by molar-refractivity contribution is 7.14. The molecule has 0 spiro atoms. The first-order chi connectivity index (χ1) is 15.0. The quantitative estimate of drug-likeness (QED) is 0.332. The zero-order chi connectivity index (χ0) is 22.0. The molecule has 4 rings (SSSR count). The Labute approximate surface area is 193 Å². The molecular formula is C22H17Cl2N5OS. The Bertz CT molecular complexity index is 1250. The molecule has 3 heterocycles. The van der Waals surface area contributed by atoms with Crippen molar-refractivity contribution in [1.82, 2.24) is 19.7 Å². The normalized spacial score (nSPS) is 10.8. The Balaban J connectivity index is 1.66. The van der Waals surface area contributed by atoms with E-state index in [0.29, 0.717) is 44.5 Å². The van der Waals surface area contributed by atoms with Crippen LogP contribution in [0.3, 0.4) is 0 Å². The van der Waals surface area contributed by atoms with E-state index in [2.05, 4.69) is 21.6 Å².